The molecular weight excluding hydrogens is 324 g/mol. The minimum absolute atomic E-state index is 0.532. The Balaban J connectivity index is 1.68. The Morgan fingerprint density at radius 2 is 1.92 bits per heavy atom. The van der Waals surface area contributed by atoms with Crippen molar-refractivity contribution in [1.82, 2.24) is 15.5 Å². The molecule has 1 aliphatic rings. The van der Waals surface area contributed by atoms with Crippen LogP contribution in [0.4, 0.5) is 0 Å². The van der Waals surface area contributed by atoms with Crippen molar-refractivity contribution in [2.24, 2.45) is 4.99 Å². The van der Waals surface area contributed by atoms with Crippen LogP contribution in [0.3, 0.4) is 0 Å². The first-order valence-electron chi connectivity index (χ1n) is 10.2. The van der Waals surface area contributed by atoms with Gasteiger partial charge in [0.1, 0.15) is 5.75 Å². The topological polar surface area (TPSA) is 48.9 Å². The van der Waals surface area contributed by atoms with Gasteiger partial charge in [0, 0.05) is 38.6 Å². The molecule has 0 bridgehead atoms. The Bertz CT molecular complexity index is 521. The van der Waals surface area contributed by atoms with E-state index in [-0.39, 0.29) is 0 Å². The number of hydrogen-bond donors (Lipinski definition) is 2. The van der Waals surface area contributed by atoms with Crippen molar-refractivity contribution < 1.29 is 4.74 Å². The second-order valence-corrected chi connectivity index (χ2v) is 7.04. The highest BCUT2D eigenvalue weighted by molar-refractivity contribution is 5.80. The molecular formula is C21H36N4O. The maximum Gasteiger partial charge on any atom is 0.191 e. The SMILES string of the molecule is CCCN1CCC(NC(=NCCCOc2ccc(C)cc2)NCC)CC1. The summed E-state index contributed by atoms with van der Waals surface area (Å²) in [5.74, 6) is 1.88. The smallest absolute Gasteiger partial charge is 0.191 e. The number of rotatable bonds is 9. The molecule has 0 aromatic heterocycles. The summed E-state index contributed by atoms with van der Waals surface area (Å²) >= 11 is 0. The van der Waals surface area contributed by atoms with E-state index in [4.69, 9.17) is 9.73 Å². The normalized spacial score (nSPS) is 16.5. The first-order valence-corrected chi connectivity index (χ1v) is 10.2. The second kappa shape index (κ2) is 11.8. The number of ether oxygens (including phenoxy) is 1. The lowest BCUT2D eigenvalue weighted by Gasteiger charge is -2.32. The van der Waals surface area contributed by atoms with Gasteiger partial charge in [-0.1, -0.05) is 24.6 Å². The Kier molecular flexibility index (Phi) is 9.32. The number of hydrogen-bond acceptors (Lipinski definition) is 3. The van der Waals surface area contributed by atoms with E-state index >= 15 is 0 Å². The highest BCUT2D eigenvalue weighted by Gasteiger charge is 2.19. The zero-order valence-electron chi connectivity index (χ0n) is 16.8. The lowest BCUT2D eigenvalue weighted by atomic mass is 10.1. The monoisotopic (exact) mass is 360 g/mol. The van der Waals surface area contributed by atoms with E-state index in [2.05, 4.69) is 48.4 Å². The van der Waals surface area contributed by atoms with E-state index in [0.29, 0.717) is 12.6 Å². The molecule has 0 spiro atoms. The average Bonchev–Trinajstić information content (AvgIpc) is 2.65. The summed E-state index contributed by atoms with van der Waals surface area (Å²) in [6.45, 7) is 12.4. The predicted molar refractivity (Wildman–Crippen MR) is 110 cm³/mol. The maximum atomic E-state index is 5.77. The highest BCUT2D eigenvalue weighted by atomic mass is 16.5. The molecule has 0 radical (unpaired) electrons. The van der Waals surface area contributed by atoms with Gasteiger partial charge in [-0.3, -0.25) is 4.99 Å². The number of nitrogens with zero attached hydrogens (tertiary/aromatic N) is 2. The standard InChI is InChI=1S/C21H36N4O/c1-4-14-25-15-11-19(12-16-25)24-21(22-5-2)23-13-6-17-26-20-9-7-18(3)8-10-20/h7-10,19H,4-6,11-17H2,1-3H3,(H2,22,23,24). The van der Waals surface area contributed by atoms with Crippen LogP contribution in [-0.4, -0.2) is 56.2 Å². The van der Waals surface area contributed by atoms with Crippen LogP contribution in [0.25, 0.3) is 0 Å². The van der Waals surface area contributed by atoms with Gasteiger partial charge in [-0.2, -0.15) is 0 Å². The molecule has 5 heteroatoms. The number of benzene rings is 1. The average molecular weight is 361 g/mol. The van der Waals surface area contributed by atoms with Crippen LogP contribution in [0.15, 0.2) is 29.3 Å². The predicted octanol–water partition coefficient (Wildman–Crippen LogP) is 3.19. The van der Waals surface area contributed by atoms with Crippen molar-refractivity contribution in [2.75, 3.05) is 39.3 Å². The third-order valence-electron chi connectivity index (χ3n) is 4.67. The van der Waals surface area contributed by atoms with Crippen LogP contribution in [0.2, 0.25) is 0 Å². The quantitative estimate of drug-likeness (QED) is 0.403. The van der Waals surface area contributed by atoms with Gasteiger partial charge in [0.05, 0.1) is 6.61 Å². The van der Waals surface area contributed by atoms with Crippen LogP contribution in [0, 0.1) is 6.92 Å². The molecule has 1 fully saturated rings. The van der Waals surface area contributed by atoms with Crippen LogP contribution in [-0.2, 0) is 0 Å². The van der Waals surface area contributed by atoms with Crippen molar-refractivity contribution in [2.45, 2.75) is 52.5 Å². The molecule has 0 aliphatic carbocycles. The molecule has 2 rings (SSSR count). The summed E-state index contributed by atoms with van der Waals surface area (Å²) in [6.07, 6.45) is 4.55. The summed E-state index contributed by atoms with van der Waals surface area (Å²) in [7, 11) is 0. The van der Waals surface area contributed by atoms with Gasteiger partial charge in [0.2, 0.25) is 0 Å². The summed E-state index contributed by atoms with van der Waals surface area (Å²) in [6, 6.07) is 8.73. The van der Waals surface area contributed by atoms with Crippen LogP contribution < -0.4 is 15.4 Å². The Morgan fingerprint density at radius 1 is 1.19 bits per heavy atom. The number of guanidine groups is 1. The number of likely N-dealkylation sites (tertiary alicyclic amines) is 1. The van der Waals surface area contributed by atoms with Gasteiger partial charge in [0.25, 0.3) is 0 Å². The zero-order chi connectivity index (χ0) is 18.6. The molecule has 2 N–H and O–H groups in total. The van der Waals surface area contributed by atoms with Gasteiger partial charge in [-0.15, -0.1) is 0 Å². The Labute approximate surface area is 159 Å². The van der Waals surface area contributed by atoms with E-state index in [1.54, 1.807) is 0 Å². The molecule has 1 aromatic rings. The first kappa shape index (κ1) is 20.6. The third kappa shape index (κ3) is 7.65. The highest BCUT2D eigenvalue weighted by Crippen LogP contribution is 2.12. The largest absolute Gasteiger partial charge is 0.494 e. The number of aliphatic imine (C=N–C) groups is 1. The molecule has 5 nitrogen and oxygen atoms in total. The van der Waals surface area contributed by atoms with Crippen molar-refractivity contribution >= 4 is 5.96 Å². The minimum Gasteiger partial charge on any atom is -0.494 e. The zero-order valence-corrected chi connectivity index (χ0v) is 16.8. The fourth-order valence-corrected chi connectivity index (χ4v) is 3.21. The minimum atomic E-state index is 0.532. The molecule has 0 saturated carbocycles. The number of aryl methyl sites for hydroxylation is 1. The molecule has 0 atom stereocenters. The molecule has 1 aliphatic heterocycles. The molecule has 0 amide bonds. The molecule has 1 saturated heterocycles. The molecule has 26 heavy (non-hydrogen) atoms. The van der Waals surface area contributed by atoms with E-state index < -0.39 is 0 Å². The van der Waals surface area contributed by atoms with Crippen LogP contribution in [0.5, 0.6) is 5.75 Å². The molecule has 146 valence electrons. The first-order chi connectivity index (χ1) is 12.7. The summed E-state index contributed by atoms with van der Waals surface area (Å²) < 4.78 is 5.77. The molecule has 0 unspecified atom stereocenters. The van der Waals surface area contributed by atoms with E-state index in [1.165, 1.54) is 44.5 Å². The van der Waals surface area contributed by atoms with Gasteiger partial charge in [0.15, 0.2) is 5.96 Å². The summed E-state index contributed by atoms with van der Waals surface area (Å²) in [4.78, 5) is 7.27. The Hall–Kier alpha value is -1.75. The number of piperidine rings is 1. The lowest BCUT2D eigenvalue weighted by molar-refractivity contribution is 0.206. The summed E-state index contributed by atoms with van der Waals surface area (Å²) in [5, 5.41) is 6.97. The van der Waals surface area contributed by atoms with Crippen LogP contribution >= 0.6 is 0 Å². The molecule has 1 aromatic carbocycles. The second-order valence-electron chi connectivity index (χ2n) is 7.04. The van der Waals surface area contributed by atoms with Crippen molar-refractivity contribution in [3.8, 4) is 5.75 Å². The van der Waals surface area contributed by atoms with Gasteiger partial charge >= 0.3 is 0 Å². The lowest BCUT2D eigenvalue weighted by Crippen LogP contribution is -2.48. The maximum absolute atomic E-state index is 5.77. The van der Waals surface area contributed by atoms with Crippen LogP contribution in [0.1, 0.15) is 45.1 Å². The van der Waals surface area contributed by atoms with Gasteiger partial charge in [-0.05, 0) is 51.8 Å². The van der Waals surface area contributed by atoms with Gasteiger partial charge in [-0.25, -0.2) is 0 Å². The third-order valence-corrected chi connectivity index (χ3v) is 4.67. The fraction of sp³-hybridized carbons (Fsp3) is 0.667. The molecule has 1 heterocycles. The van der Waals surface area contributed by atoms with Crippen molar-refractivity contribution in [3.05, 3.63) is 29.8 Å². The fourth-order valence-electron chi connectivity index (χ4n) is 3.21. The van der Waals surface area contributed by atoms with E-state index in [9.17, 15) is 0 Å². The van der Waals surface area contributed by atoms with Crippen molar-refractivity contribution in [3.63, 3.8) is 0 Å². The van der Waals surface area contributed by atoms with Gasteiger partial charge < -0.3 is 20.3 Å². The van der Waals surface area contributed by atoms with E-state index in [1.807, 2.05) is 12.1 Å². The van der Waals surface area contributed by atoms with E-state index in [0.717, 1.165) is 31.2 Å². The summed E-state index contributed by atoms with van der Waals surface area (Å²) in [5.41, 5.74) is 1.25. The Morgan fingerprint density at radius 3 is 2.58 bits per heavy atom. The number of nitrogens with one attached hydrogen (secondary N) is 2. The van der Waals surface area contributed by atoms with Crippen molar-refractivity contribution in [1.29, 1.82) is 0 Å².